The molecule has 0 fully saturated rings. The Morgan fingerprint density at radius 2 is 1.88 bits per heavy atom. The lowest BCUT2D eigenvalue weighted by molar-refractivity contribution is -0.123. The average molecular weight is 450 g/mol. The van der Waals surface area contributed by atoms with Gasteiger partial charge in [-0.15, -0.1) is 0 Å². The number of urea groups is 1. The summed E-state index contributed by atoms with van der Waals surface area (Å²) < 4.78 is 31.9. The van der Waals surface area contributed by atoms with Crippen molar-refractivity contribution in [3.05, 3.63) is 28.2 Å². The molecule has 0 radical (unpaired) electrons. The second kappa shape index (κ2) is 9.64. The van der Waals surface area contributed by atoms with Gasteiger partial charge in [0.15, 0.2) is 6.61 Å². The number of benzene rings is 1. The molecule has 3 amide bonds. The summed E-state index contributed by atoms with van der Waals surface area (Å²) >= 11 is 3.14. The van der Waals surface area contributed by atoms with Gasteiger partial charge in [-0.2, -0.15) is 0 Å². The maximum Gasteiger partial charge on any atom is 0.339 e. The molecule has 1 aromatic rings. The molecule has 11 heteroatoms. The van der Waals surface area contributed by atoms with Gasteiger partial charge < -0.3 is 10.1 Å². The van der Waals surface area contributed by atoms with Crippen LogP contribution in [0.5, 0.6) is 0 Å². The van der Waals surface area contributed by atoms with Gasteiger partial charge in [0.05, 0.1) is 10.5 Å². The minimum atomic E-state index is -3.80. The van der Waals surface area contributed by atoms with Gasteiger partial charge in [0.25, 0.3) is 5.91 Å². The quantitative estimate of drug-likeness (QED) is 0.534. The number of esters is 1. The van der Waals surface area contributed by atoms with Crippen LogP contribution >= 0.6 is 15.9 Å². The van der Waals surface area contributed by atoms with E-state index in [1.54, 1.807) is 20.8 Å². The minimum absolute atomic E-state index is 0.0672. The maximum absolute atomic E-state index is 12.2. The molecule has 0 aliphatic carbocycles. The van der Waals surface area contributed by atoms with Crippen LogP contribution in [0, 0.1) is 0 Å². The van der Waals surface area contributed by atoms with Crippen LogP contribution in [-0.4, -0.2) is 45.5 Å². The summed E-state index contributed by atoms with van der Waals surface area (Å²) in [5.41, 5.74) is -0.0672. The first kappa shape index (κ1) is 22.1. The first-order chi connectivity index (χ1) is 12.1. The third kappa shape index (κ3) is 6.73. The lowest BCUT2D eigenvalue weighted by atomic mass is 10.2. The third-order valence-corrected chi connectivity index (χ3v) is 5.13. The molecular formula is C15H20BrN3O6S. The molecule has 0 aliphatic heterocycles. The van der Waals surface area contributed by atoms with E-state index >= 15 is 0 Å². The van der Waals surface area contributed by atoms with Crippen molar-refractivity contribution in [3.8, 4) is 0 Å². The third-order valence-electron chi connectivity index (χ3n) is 2.78. The van der Waals surface area contributed by atoms with Gasteiger partial charge in [0.2, 0.25) is 10.0 Å². The zero-order valence-electron chi connectivity index (χ0n) is 14.5. The monoisotopic (exact) mass is 449 g/mol. The average Bonchev–Trinajstić information content (AvgIpc) is 2.51. The van der Waals surface area contributed by atoms with E-state index in [1.807, 2.05) is 5.32 Å². The molecule has 0 saturated heterocycles. The highest BCUT2D eigenvalue weighted by Gasteiger charge is 2.21. The lowest BCUT2D eigenvalue weighted by Gasteiger charge is -2.12. The summed E-state index contributed by atoms with van der Waals surface area (Å²) in [6, 6.07) is 2.83. The van der Waals surface area contributed by atoms with E-state index in [0.717, 1.165) is 6.07 Å². The number of rotatable bonds is 7. The molecule has 1 aromatic carbocycles. The molecule has 0 bridgehead atoms. The molecule has 3 N–H and O–H groups in total. The van der Waals surface area contributed by atoms with Crippen LogP contribution in [-0.2, 0) is 19.6 Å². The van der Waals surface area contributed by atoms with Crippen LogP contribution in [0.25, 0.3) is 0 Å². The van der Waals surface area contributed by atoms with Crippen molar-refractivity contribution >= 4 is 43.9 Å². The first-order valence-electron chi connectivity index (χ1n) is 7.63. The standard InChI is InChI=1S/C15H20BrN3O6S/c1-4-17-15(22)18-13(20)8-25-14(21)11-7-10(5-6-12(11)16)26(23,24)19-9(2)3/h5-7,9,19H,4,8H2,1-3H3,(H2,17,18,20,22). The van der Waals surface area contributed by atoms with Crippen LogP contribution < -0.4 is 15.4 Å². The molecule has 0 unspecified atom stereocenters. The number of halogens is 1. The van der Waals surface area contributed by atoms with Crippen molar-refractivity contribution in [3.63, 3.8) is 0 Å². The Kier molecular flexibility index (Phi) is 8.18. The van der Waals surface area contributed by atoms with Crippen LogP contribution in [0.1, 0.15) is 31.1 Å². The Hall–Kier alpha value is -1.98. The summed E-state index contributed by atoms with van der Waals surface area (Å²) in [7, 11) is -3.80. The van der Waals surface area contributed by atoms with Crippen molar-refractivity contribution in [1.29, 1.82) is 0 Å². The molecule has 26 heavy (non-hydrogen) atoms. The number of nitrogens with one attached hydrogen (secondary N) is 3. The van der Waals surface area contributed by atoms with Gasteiger partial charge in [0, 0.05) is 17.1 Å². The number of carbonyl (C=O) groups is 3. The molecular weight excluding hydrogens is 430 g/mol. The summed E-state index contributed by atoms with van der Waals surface area (Å²) in [4.78, 5) is 34.7. The molecule has 0 heterocycles. The topological polar surface area (TPSA) is 131 Å². The predicted molar refractivity (Wildman–Crippen MR) is 97.1 cm³/mol. The fraction of sp³-hybridized carbons (Fsp3) is 0.400. The van der Waals surface area contributed by atoms with Crippen molar-refractivity contribution in [2.24, 2.45) is 0 Å². The number of hydrogen-bond donors (Lipinski definition) is 3. The van der Waals surface area contributed by atoms with Gasteiger partial charge in [-0.25, -0.2) is 22.7 Å². The van der Waals surface area contributed by atoms with E-state index in [0.29, 0.717) is 11.0 Å². The summed E-state index contributed by atoms with van der Waals surface area (Å²) in [5, 5.41) is 4.33. The van der Waals surface area contributed by atoms with Crippen LogP contribution in [0.4, 0.5) is 4.79 Å². The summed E-state index contributed by atoms with van der Waals surface area (Å²) in [5.74, 6) is -1.73. The summed E-state index contributed by atoms with van der Waals surface area (Å²) in [6.45, 7) is 4.65. The molecule has 0 atom stereocenters. The Labute approximate surface area is 160 Å². The fourth-order valence-corrected chi connectivity index (χ4v) is 3.47. The van der Waals surface area contributed by atoms with Gasteiger partial charge in [-0.1, -0.05) is 0 Å². The highest BCUT2D eigenvalue weighted by molar-refractivity contribution is 9.10. The van der Waals surface area contributed by atoms with Crippen molar-refractivity contribution in [1.82, 2.24) is 15.4 Å². The van der Waals surface area contributed by atoms with E-state index in [1.165, 1.54) is 12.1 Å². The Bertz CT molecular complexity index is 795. The zero-order chi connectivity index (χ0) is 19.9. The highest BCUT2D eigenvalue weighted by atomic mass is 79.9. The van der Waals surface area contributed by atoms with Crippen LogP contribution in [0.3, 0.4) is 0 Å². The Morgan fingerprint density at radius 3 is 2.46 bits per heavy atom. The number of hydrogen-bond acceptors (Lipinski definition) is 6. The summed E-state index contributed by atoms with van der Waals surface area (Å²) in [6.07, 6.45) is 0. The number of imide groups is 1. The van der Waals surface area contributed by atoms with Crippen molar-refractivity contribution in [2.45, 2.75) is 31.7 Å². The van der Waals surface area contributed by atoms with Crippen molar-refractivity contribution < 1.29 is 27.5 Å². The Balaban J connectivity index is 2.85. The van der Waals surface area contributed by atoms with E-state index in [4.69, 9.17) is 4.74 Å². The van der Waals surface area contributed by atoms with E-state index in [-0.39, 0.29) is 16.5 Å². The second-order valence-electron chi connectivity index (χ2n) is 5.40. The Morgan fingerprint density at radius 1 is 1.23 bits per heavy atom. The molecule has 0 aromatic heterocycles. The minimum Gasteiger partial charge on any atom is -0.452 e. The number of amides is 3. The largest absolute Gasteiger partial charge is 0.452 e. The molecule has 0 aliphatic rings. The number of ether oxygens (including phenoxy) is 1. The SMILES string of the molecule is CCNC(=O)NC(=O)COC(=O)c1cc(S(=O)(=O)NC(C)C)ccc1Br. The zero-order valence-corrected chi connectivity index (χ0v) is 16.9. The highest BCUT2D eigenvalue weighted by Crippen LogP contribution is 2.22. The lowest BCUT2D eigenvalue weighted by Crippen LogP contribution is -2.41. The van der Waals surface area contributed by atoms with Gasteiger partial charge in [0.1, 0.15) is 0 Å². The maximum atomic E-state index is 12.2. The van der Waals surface area contributed by atoms with Crippen LogP contribution in [0.15, 0.2) is 27.6 Å². The predicted octanol–water partition coefficient (Wildman–Crippen LogP) is 1.14. The molecule has 0 spiro atoms. The molecule has 9 nitrogen and oxygen atoms in total. The fourth-order valence-electron chi connectivity index (χ4n) is 1.78. The van der Waals surface area contributed by atoms with E-state index in [9.17, 15) is 22.8 Å². The number of sulfonamides is 1. The van der Waals surface area contributed by atoms with Gasteiger partial charge in [-0.3, -0.25) is 10.1 Å². The molecule has 0 saturated carbocycles. The smallest absolute Gasteiger partial charge is 0.339 e. The first-order valence-corrected chi connectivity index (χ1v) is 9.91. The molecule has 1 rings (SSSR count). The normalized spacial score (nSPS) is 11.1. The van der Waals surface area contributed by atoms with Crippen molar-refractivity contribution in [2.75, 3.05) is 13.2 Å². The second-order valence-corrected chi connectivity index (χ2v) is 7.97. The van der Waals surface area contributed by atoms with Gasteiger partial charge >= 0.3 is 12.0 Å². The van der Waals surface area contributed by atoms with E-state index in [2.05, 4.69) is 26.0 Å². The number of carbonyl (C=O) groups excluding carboxylic acids is 3. The van der Waals surface area contributed by atoms with Crippen LogP contribution in [0.2, 0.25) is 0 Å². The van der Waals surface area contributed by atoms with Gasteiger partial charge in [-0.05, 0) is 54.9 Å². The van der Waals surface area contributed by atoms with E-state index < -0.39 is 34.5 Å². The molecule has 144 valence electrons.